The summed E-state index contributed by atoms with van der Waals surface area (Å²) in [4.78, 5) is 25.5. The maximum atomic E-state index is 12.7. The average molecular weight is 472 g/mol. The van der Waals surface area contributed by atoms with E-state index in [4.69, 9.17) is 0 Å². The molecule has 3 rings (SSSR count). The molecule has 0 unspecified atom stereocenters. The number of amides is 2. The first-order valence-corrected chi connectivity index (χ1v) is 11.2. The average Bonchev–Trinajstić information content (AvgIpc) is 3.08. The van der Waals surface area contributed by atoms with E-state index in [0.29, 0.717) is 24.3 Å². The summed E-state index contributed by atoms with van der Waals surface area (Å²) >= 11 is 4.45. The molecular weight excluding hydrogens is 454 g/mol. The molecule has 1 fully saturated rings. The number of anilines is 1. The largest absolute Gasteiger partial charge is 0.336 e. The van der Waals surface area contributed by atoms with Crippen LogP contribution in [0.3, 0.4) is 0 Å². The molecular formula is C17H18BrN3O4S2. The van der Waals surface area contributed by atoms with E-state index in [2.05, 4.69) is 21.2 Å². The summed E-state index contributed by atoms with van der Waals surface area (Å²) < 4.78 is 27.8. The molecule has 1 aromatic carbocycles. The second kappa shape index (κ2) is 8.09. The van der Waals surface area contributed by atoms with Gasteiger partial charge in [-0.3, -0.25) is 9.59 Å². The number of thiophene rings is 1. The number of sulfonamides is 1. The van der Waals surface area contributed by atoms with Crippen molar-refractivity contribution in [1.82, 2.24) is 9.21 Å². The van der Waals surface area contributed by atoms with Gasteiger partial charge in [-0.25, -0.2) is 8.42 Å². The smallest absolute Gasteiger partial charge is 0.254 e. The number of piperazine rings is 1. The van der Waals surface area contributed by atoms with Crippen LogP contribution in [0.2, 0.25) is 0 Å². The Bertz CT molecular complexity index is 966. The first-order valence-electron chi connectivity index (χ1n) is 8.20. The highest BCUT2D eigenvalue weighted by Gasteiger charge is 2.31. The number of halogens is 1. The third kappa shape index (κ3) is 4.57. The summed E-state index contributed by atoms with van der Waals surface area (Å²) in [5, 5.41) is 2.65. The van der Waals surface area contributed by atoms with E-state index in [1.165, 1.54) is 22.6 Å². The molecule has 144 valence electrons. The minimum atomic E-state index is -3.54. The molecule has 7 nitrogen and oxygen atoms in total. The van der Waals surface area contributed by atoms with Gasteiger partial charge in [0.15, 0.2) is 0 Å². The van der Waals surface area contributed by atoms with Gasteiger partial charge in [0.05, 0.1) is 3.79 Å². The highest BCUT2D eigenvalue weighted by molar-refractivity contribution is 9.11. The molecule has 0 radical (unpaired) electrons. The Hall–Kier alpha value is -1.75. The molecule has 1 N–H and O–H groups in total. The second-order valence-corrected chi connectivity index (χ2v) is 10.6. The number of nitrogens with one attached hydrogen (secondary N) is 1. The molecule has 2 aromatic rings. The predicted octanol–water partition coefficient (Wildman–Crippen LogP) is 2.62. The van der Waals surface area contributed by atoms with Crippen LogP contribution in [0.5, 0.6) is 0 Å². The molecule has 0 bridgehead atoms. The second-order valence-electron chi connectivity index (χ2n) is 6.02. The zero-order chi connectivity index (χ0) is 19.6. The Morgan fingerprint density at radius 3 is 2.41 bits per heavy atom. The van der Waals surface area contributed by atoms with Crippen LogP contribution in [-0.2, 0) is 14.8 Å². The third-order valence-corrected chi connectivity index (χ3v) is 8.09. The predicted molar refractivity (Wildman–Crippen MR) is 107 cm³/mol. The van der Waals surface area contributed by atoms with Gasteiger partial charge in [0.2, 0.25) is 5.91 Å². The van der Waals surface area contributed by atoms with Crippen molar-refractivity contribution in [2.24, 2.45) is 0 Å². The maximum absolute atomic E-state index is 12.7. The standard InChI is InChI=1S/C17H18BrN3O4S2/c1-12(22)19-14-4-2-3-13(11-14)17(23)20-7-9-21(10-8-20)27(24,25)16-6-5-15(18)26-16/h2-6,11H,7-10H2,1H3,(H,19,22). The van der Waals surface area contributed by atoms with Crippen molar-refractivity contribution in [2.75, 3.05) is 31.5 Å². The lowest BCUT2D eigenvalue weighted by Gasteiger charge is -2.33. The molecule has 0 atom stereocenters. The Kier molecular flexibility index (Phi) is 5.99. The van der Waals surface area contributed by atoms with Crippen molar-refractivity contribution < 1.29 is 18.0 Å². The number of rotatable bonds is 4. The number of benzene rings is 1. The minimum absolute atomic E-state index is 0.182. The molecule has 0 spiro atoms. The molecule has 1 saturated heterocycles. The number of carbonyl (C=O) groups is 2. The maximum Gasteiger partial charge on any atom is 0.254 e. The SMILES string of the molecule is CC(=O)Nc1cccc(C(=O)N2CCN(S(=O)(=O)c3ccc(Br)s3)CC2)c1. The van der Waals surface area contributed by atoms with Crippen LogP contribution >= 0.6 is 27.3 Å². The third-order valence-electron chi connectivity index (χ3n) is 4.10. The molecule has 0 saturated carbocycles. The summed E-state index contributed by atoms with van der Waals surface area (Å²) in [5.41, 5.74) is 1.01. The van der Waals surface area contributed by atoms with E-state index in [1.54, 1.807) is 41.3 Å². The fraction of sp³-hybridized carbons (Fsp3) is 0.294. The van der Waals surface area contributed by atoms with Gasteiger partial charge in [0, 0.05) is 44.4 Å². The topological polar surface area (TPSA) is 86.8 Å². The van der Waals surface area contributed by atoms with E-state index < -0.39 is 10.0 Å². The minimum Gasteiger partial charge on any atom is -0.336 e. The summed E-state index contributed by atoms with van der Waals surface area (Å²) in [6.45, 7) is 2.52. The quantitative estimate of drug-likeness (QED) is 0.742. The van der Waals surface area contributed by atoms with E-state index in [-0.39, 0.29) is 29.1 Å². The van der Waals surface area contributed by atoms with Crippen LogP contribution in [0.15, 0.2) is 44.4 Å². The molecule has 1 aromatic heterocycles. The van der Waals surface area contributed by atoms with Crippen LogP contribution in [0.1, 0.15) is 17.3 Å². The number of nitrogens with zero attached hydrogens (tertiary/aromatic N) is 2. The molecule has 2 amide bonds. The molecule has 10 heteroatoms. The van der Waals surface area contributed by atoms with Crippen LogP contribution in [0, 0.1) is 0 Å². The Labute approximate surface area is 170 Å². The lowest BCUT2D eigenvalue weighted by atomic mass is 10.1. The number of hydrogen-bond donors (Lipinski definition) is 1. The van der Waals surface area contributed by atoms with Crippen LogP contribution in [0.25, 0.3) is 0 Å². The van der Waals surface area contributed by atoms with Gasteiger partial charge < -0.3 is 10.2 Å². The first-order chi connectivity index (χ1) is 12.8. The van der Waals surface area contributed by atoms with Crippen molar-refractivity contribution in [1.29, 1.82) is 0 Å². The summed E-state index contributed by atoms with van der Waals surface area (Å²) in [6.07, 6.45) is 0. The van der Waals surface area contributed by atoms with Crippen LogP contribution < -0.4 is 5.32 Å². The normalized spacial score (nSPS) is 15.6. The first kappa shape index (κ1) is 20.0. The zero-order valence-corrected chi connectivity index (χ0v) is 17.7. The monoisotopic (exact) mass is 471 g/mol. The molecule has 0 aliphatic carbocycles. The van der Waals surface area contributed by atoms with Crippen molar-refractivity contribution in [2.45, 2.75) is 11.1 Å². The number of carbonyl (C=O) groups excluding carboxylic acids is 2. The van der Waals surface area contributed by atoms with Crippen molar-refractivity contribution in [3.63, 3.8) is 0 Å². The van der Waals surface area contributed by atoms with Gasteiger partial charge in [-0.15, -0.1) is 11.3 Å². The van der Waals surface area contributed by atoms with Crippen LogP contribution in [0.4, 0.5) is 5.69 Å². The highest BCUT2D eigenvalue weighted by Crippen LogP contribution is 2.29. The lowest BCUT2D eigenvalue weighted by molar-refractivity contribution is -0.114. The van der Waals surface area contributed by atoms with Gasteiger partial charge in [-0.2, -0.15) is 4.31 Å². The fourth-order valence-corrected chi connectivity index (χ4v) is 6.40. The van der Waals surface area contributed by atoms with E-state index >= 15 is 0 Å². The van der Waals surface area contributed by atoms with Gasteiger partial charge in [-0.1, -0.05) is 6.07 Å². The summed E-state index contributed by atoms with van der Waals surface area (Å²) in [6, 6.07) is 10.0. The van der Waals surface area contributed by atoms with Gasteiger partial charge in [-0.05, 0) is 46.3 Å². The highest BCUT2D eigenvalue weighted by atomic mass is 79.9. The summed E-state index contributed by atoms with van der Waals surface area (Å²) in [7, 11) is -3.54. The van der Waals surface area contributed by atoms with E-state index in [0.717, 1.165) is 3.79 Å². The molecule has 1 aliphatic rings. The van der Waals surface area contributed by atoms with Gasteiger partial charge >= 0.3 is 0 Å². The van der Waals surface area contributed by atoms with Crippen molar-refractivity contribution >= 4 is 54.8 Å². The molecule has 27 heavy (non-hydrogen) atoms. The lowest BCUT2D eigenvalue weighted by Crippen LogP contribution is -2.50. The van der Waals surface area contributed by atoms with E-state index in [1.807, 2.05) is 0 Å². The van der Waals surface area contributed by atoms with Crippen molar-refractivity contribution in [3.05, 3.63) is 45.7 Å². The number of hydrogen-bond acceptors (Lipinski definition) is 5. The zero-order valence-electron chi connectivity index (χ0n) is 14.5. The Morgan fingerprint density at radius 2 is 1.81 bits per heavy atom. The Balaban J connectivity index is 1.67. The van der Waals surface area contributed by atoms with Crippen molar-refractivity contribution in [3.8, 4) is 0 Å². The van der Waals surface area contributed by atoms with Gasteiger partial charge in [0.25, 0.3) is 15.9 Å². The Morgan fingerprint density at radius 1 is 1.11 bits per heavy atom. The van der Waals surface area contributed by atoms with Gasteiger partial charge in [0.1, 0.15) is 4.21 Å². The fourth-order valence-electron chi connectivity index (χ4n) is 2.81. The van der Waals surface area contributed by atoms with E-state index in [9.17, 15) is 18.0 Å². The molecule has 1 aliphatic heterocycles. The summed E-state index contributed by atoms with van der Waals surface area (Å²) in [5.74, 6) is -0.392. The van der Waals surface area contributed by atoms with Crippen LogP contribution in [-0.4, -0.2) is 55.6 Å². The molecule has 2 heterocycles.